The Labute approximate surface area is 161 Å². The molecule has 0 amide bonds. The molecular weight excluding hydrogens is 372 g/mol. The van der Waals surface area contributed by atoms with Crippen molar-refractivity contribution in [1.29, 1.82) is 0 Å². The number of carbonyl (C=O) groups is 1. The molecule has 5 N–H and O–H groups in total. The summed E-state index contributed by atoms with van der Waals surface area (Å²) in [4.78, 5) is 12.0. The van der Waals surface area contributed by atoms with Crippen LogP contribution >= 0.6 is 0 Å². The minimum absolute atomic E-state index is 0.0357. The highest BCUT2D eigenvalue weighted by Gasteiger charge is 2.45. The second-order valence-corrected chi connectivity index (χ2v) is 7.10. The van der Waals surface area contributed by atoms with Crippen LogP contribution in [0.25, 0.3) is 0 Å². The van der Waals surface area contributed by atoms with Crippen LogP contribution in [0.5, 0.6) is 11.5 Å². The second-order valence-electron chi connectivity index (χ2n) is 7.10. The van der Waals surface area contributed by atoms with E-state index in [-0.39, 0.29) is 23.7 Å². The number of cyclic esters (lactones) is 1. The summed E-state index contributed by atoms with van der Waals surface area (Å²) in [5, 5.41) is 49.9. The van der Waals surface area contributed by atoms with Crippen molar-refractivity contribution in [2.45, 2.75) is 57.6 Å². The molecule has 1 saturated heterocycles. The lowest BCUT2D eigenvalue weighted by Gasteiger charge is -2.39. The molecule has 1 aromatic carbocycles. The zero-order valence-corrected chi connectivity index (χ0v) is 15.5. The van der Waals surface area contributed by atoms with Gasteiger partial charge in [-0.3, -0.25) is 0 Å². The summed E-state index contributed by atoms with van der Waals surface area (Å²) < 4.78 is 15.9. The molecule has 28 heavy (non-hydrogen) atoms. The number of allylic oxidation sites excluding steroid dienone is 2. The number of phenolic OH excluding ortho intramolecular Hbond substituents is 1. The first-order chi connectivity index (χ1) is 13.2. The fraction of sp³-hybridized carbons (Fsp3) is 0.526. The number of carbonyl (C=O) groups excluding carboxylic acids is 1. The number of aromatic hydroxyl groups is 1. The van der Waals surface area contributed by atoms with Gasteiger partial charge in [0.1, 0.15) is 31.0 Å². The van der Waals surface area contributed by atoms with Gasteiger partial charge in [-0.25, -0.2) is 4.79 Å². The Kier molecular flexibility index (Phi) is 5.92. The quantitative estimate of drug-likeness (QED) is 0.336. The van der Waals surface area contributed by atoms with E-state index in [0.29, 0.717) is 17.5 Å². The molecule has 5 unspecified atom stereocenters. The van der Waals surface area contributed by atoms with E-state index in [1.165, 1.54) is 6.07 Å². The van der Waals surface area contributed by atoms with E-state index < -0.39 is 43.3 Å². The summed E-state index contributed by atoms with van der Waals surface area (Å²) in [5.41, 5.74) is 2.25. The topological polar surface area (TPSA) is 146 Å². The van der Waals surface area contributed by atoms with Crippen LogP contribution in [-0.4, -0.2) is 68.8 Å². The van der Waals surface area contributed by atoms with Crippen molar-refractivity contribution in [3.8, 4) is 11.5 Å². The second kappa shape index (κ2) is 8.06. The van der Waals surface area contributed by atoms with Gasteiger partial charge in [-0.1, -0.05) is 11.6 Å². The Bertz CT molecular complexity index is 782. The molecule has 9 heteroatoms. The summed E-state index contributed by atoms with van der Waals surface area (Å²) in [6, 6.07) is 1.29. The summed E-state index contributed by atoms with van der Waals surface area (Å²) in [7, 11) is 0. The van der Waals surface area contributed by atoms with Crippen molar-refractivity contribution in [1.82, 2.24) is 0 Å². The van der Waals surface area contributed by atoms with E-state index in [0.717, 1.165) is 5.57 Å². The predicted octanol–water partition coefficient (Wildman–Crippen LogP) is -0.250. The molecule has 1 fully saturated rings. The monoisotopic (exact) mass is 396 g/mol. The van der Waals surface area contributed by atoms with Gasteiger partial charge >= 0.3 is 5.97 Å². The first kappa shape index (κ1) is 20.6. The van der Waals surface area contributed by atoms with Crippen molar-refractivity contribution in [3.63, 3.8) is 0 Å². The summed E-state index contributed by atoms with van der Waals surface area (Å²) in [6.07, 6.45) is -5.23. The maximum absolute atomic E-state index is 12.0. The van der Waals surface area contributed by atoms with Gasteiger partial charge in [0.15, 0.2) is 11.5 Å². The lowest BCUT2D eigenvalue weighted by Crippen LogP contribution is -2.60. The normalized spacial score (nSPS) is 29.2. The number of benzene rings is 1. The average molecular weight is 396 g/mol. The first-order valence-corrected chi connectivity index (χ1v) is 8.90. The minimum Gasteiger partial charge on any atom is -0.504 e. The molecular formula is C19H24O9. The SMILES string of the molecule is CC(C)=CCc1c(O)c(OC2OC(CO)C(O)C(O)C2O)cc2c1COC2=O. The fourth-order valence-corrected chi connectivity index (χ4v) is 3.21. The molecule has 0 radical (unpaired) electrons. The van der Waals surface area contributed by atoms with Crippen LogP contribution in [-0.2, 0) is 22.5 Å². The zero-order valence-electron chi connectivity index (χ0n) is 15.5. The Morgan fingerprint density at radius 1 is 1.25 bits per heavy atom. The third-order valence-electron chi connectivity index (χ3n) is 4.86. The number of ether oxygens (including phenoxy) is 3. The molecule has 3 rings (SSSR count). The van der Waals surface area contributed by atoms with Crippen LogP contribution in [0, 0.1) is 0 Å². The zero-order chi connectivity index (χ0) is 20.6. The molecule has 9 nitrogen and oxygen atoms in total. The first-order valence-electron chi connectivity index (χ1n) is 8.90. The van der Waals surface area contributed by atoms with Crippen molar-refractivity contribution >= 4 is 5.97 Å². The molecule has 154 valence electrons. The Morgan fingerprint density at radius 3 is 2.61 bits per heavy atom. The minimum atomic E-state index is -1.64. The molecule has 0 aliphatic carbocycles. The lowest BCUT2D eigenvalue weighted by molar-refractivity contribution is -0.277. The number of phenols is 1. The van der Waals surface area contributed by atoms with Gasteiger partial charge in [-0.15, -0.1) is 0 Å². The van der Waals surface area contributed by atoms with Crippen LogP contribution in [0.15, 0.2) is 17.7 Å². The molecule has 0 aromatic heterocycles. The van der Waals surface area contributed by atoms with Gasteiger partial charge in [-0.2, -0.15) is 0 Å². The number of aliphatic hydroxyl groups excluding tert-OH is 4. The lowest BCUT2D eigenvalue weighted by atomic mass is 9.97. The average Bonchev–Trinajstić information content (AvgIpc) is 3.02. The summed E-state index contributed by atoms with van der Waals surface area (Å²) >= 11 is 0. The maximum atomic E-state index is 12.0. The van der Waals surface area contributed by atoms with E-state index in [9.17, 15) is 30.3 Å². The number of hydrogen-bond acceptors (Lipinski definition) is 9. The Hall–Kier alpha value is -2.17. The number of esters is 1. The number of hydrogen-bond donors (Lipinski definition) is 5. The molecule has 0 spiro atoms. The number of aliphatic hydroxyl groups is 4. The third kappa shape index (κ3) is 3.71. The highest BCUT2D eigenvalue weighted by atomic mass is 16.7. The Balaban J connectivity index is 1.96. The molecule has 2 heterocycles. The molecule has 2 aliphatic rings. The van der Waals surface area contributed by atoms with Crippen molar-refractivity contribution < 1.29 is 44.5 Å². The number of rotatable bonds is 5. The summed E-state index contributed by atoms with van der Waals surface area (Å²) in [5.74, 6) is -0.947. The Morgan fingerprint density at radius 2 is 1.96 bits per heavy atom. The summed E-state index contributed by atoms with van der Waals surface area (Å²) in [6.45, 7) is 3.22. The van der Waals surface area contributed by atoms with E-state index >= 15 is 0 Å². The van der Waals surface area contributed by atoms with Crippen molar-refractivity contribution in [3.05, 3.63) is 34.4 Å². The fourth-order valence-electron chi connectivity index (χ4n) is 3.21. The van der Waals surface area contributed by atoms with Crippen LogP contribution in [0.1, 0.15) is 35.3 Å². The highest BCUT2D eigenvalue weighted by molar-refractivity contribution is 5.95. The smallest absolute Gasteiger partial charge is 0.339 e. The van der Waals surface area contributed by atoms with E-state index in [1.807, 2.05) is 19.9 Å². The van der Waals surface area contributed by atoms with Gasteiger partial charge in [0.25, 0.3) is 0 Å². The van der Waals surface area contributed by atoms with Gasteiger partial charge in [0.2, 0.25) is 6.29 Å². The van der Waals surface area contributed by atoms with Crippen LogP contribution in [0.3, 0.4) is 0 Å². The van der Waals surface area contributed by atoms with Crippen LogP contribution in [0.4, 0.5) is 0 Å². The largest absolute Gasteiger partial charge is 0.504 e. The van der Waals surface area contributed by atoms with E-state index in [4.69, 9.17) is 14.2 Å². The molecule has 0 bridgehead atoms. The van der Waals surface area contributed by atoms with Gasteiger partial charge in [0.05, 0.1) is 12.2 Å². The molecule has 5 atom stereocenters. The molecule has 1 aromatic rings. The van der Waals surface area contributed by atoms with Gasteiger partial charge in [0, 0.05) is 11.1 Å². The number of fused-ring (bicyclic) bond motifs is 1. The van der Waals surface area contributed by atoms with E-state index in [2.05, 4.69) is 0 Å². The van der Waals surface area contributed by atoms with Gasteiger partial charge < -0.3 is 39.7 Å². The van der Waals surface area contributed by atoms with Crippen molar-refractivity contribution in [2.75, 3.05) is 6.61 Å². The van der Waals surface area contributed by atoms with Gasteiger partial charge in [-0.05, 0) is 26.3 Å². The standard InChI is InChI=1S/C19H24O9/c1-8(2)3-4-9-11-7-26-18(25)10(11)5-12(14(9)21)27-19-17(24)16(23)15(22)13(6-20)28-19/h3,5,13,15-17,19-24H,4,6-7H2,1-2H3. The molecule has 0 saturated carbocycles. The van der Waals surface area contributed by atoms with E-state index in [1.54, 1.807) is 0 Å². The third-order valence-corrected chi connectivity index (χ3v) is 4.86. The van der Waals surface area contributed by atoms with Crippen molar-refractivity contribution in [2.24, 2.45) is 0 Å². The molecule has 2 aliphatic heterocycles. The highest BCUT2D eigenvalue weighted by Crippen LogP contribution is 2.40. The van der Waals surface area contributed by atoms with Crippen LogP contribution in [0.2, 0.25) is 0 Å². The van der Waals surface area contributed by atoms with Crippen LogP contribution < -0.4 is 4.74 Å². The predicted molar refractivity (Wildman–Crippen MR) is 94.8 cm³/mol. The maximum Gasteiger partial charge on any atom is 0.339 e.